The zero-order chi connectivity index (χ0) is 25.1. The summed E-state index contributed by atoms with van der Waals surface area (Å²) in [7, 11) is -4.01. The van der Waals surface area contributed by atoms with Crippen LogP contribution >= 0.6 is 0 Å². The van der Waals surface area contributed by atoms with Crippen molar-refractivity contribution in [2.75, 3.05) is 6.54 Å². The van der Waals surface area contributed by atoms with E-state index >= 15 is 0 Å². The summed E-state index contributed by atoms with van der Waals surface area (Å²) in [6.45, 7) is 5.43. The maximum atomic E-state index is 13.2. The predicted octanol–water partition coefficient (Wildman–Crippen LogP) is 5.61. The number of unbranched alkanes of at least 4 members (excludes halogenated alkanes) is 6. The second kappa shape index (κ2) is 11.2. The zero-order valence-electron chi connectivity index (χ0n) is 21.6. The highest BCUT2D eigenvalue weighted by atomic mass is 32.2. The molecular formula is C28H44N2O4S. The van der Waals surface area contributed by atoms with Gasteiger partial charge in [0.05, 0.1) is 0 Å². The van der Waals surface area contributed by atoms with E-state index in [1.165, 1.54) is 49.7 Å². The lowest BCUT2D eigenvalue weighted by atomic mass is 9.54. The van der Waals surface area contributed by atoms with Crippen LogP contribution in [-0.4, -0.2) is 20.9 Å². The lowest BCUT2D eigenvalue weighted by Crippen LogP contribution is -2.46. The van der Waals surface area contributed by atoms with E-state index in [4.69, 9.17) is 9.32 Å². The lowest BCUT2D eigenvalue weighted by molar-refractivity contribution is -0.130. The smallest absolute Gasteiger partial charge is 0.371 e. The average molecular weight is 505 g/mol. The maximum Gasteiger partial charge on any atom is 0.380 e. The molecule has 0 radical (unpaired) electrons. The minimum atomic E-state index is -4.01. The SMILES string of the molecule is CCCCCCCCCNC(=O)C1CCC2C3CCc4cc(OS(N)(=O)=O)ccc4C3CCC12C. The van der Waals surface area contributed by atoms with Crippen LogP contribution < -0.4 is 14.6 Å². The molecular weight excluding hydrogens is 460 g/mol. The lowest BCUT2D eigenvalue weighted by Gasteiger charge is -2.50. The van der Waals surface area contributed by atoms with E-state index in [2.05, 4.69) is 19.2 Å². The Morgan fingerprint density at radius 3 is 2.57 bits per heavy atom. The van der Waals surface area contributed by atoms with Crippen LogP contribution in [0.3, 0.4) is 0 Å². The number of carbonyl (C=O) groups is 1. The van der Waals surface area contributed by atoms with Gasteiger partial charge in [0.1, 0.15) is 5.75 Å². The molecule has 0 spiro atoms. The molecule has 2 fully saturated rings. The first-order chi connectivity index (χ1) is 16.7. The normalized spacial score (nSPS) is 29.7. The summed E-state index contributed by atoms with van der Waals surface area (Å²) in [4.78, 5) is 13.2. The summed E-state index contributed by atoms with van der Waals surface area (Å²) >= 11 is 0. The Labute approximate surface area is 212 Å². The van der Waals surface area contributed by atoms with E-state index in [9.17, 15) is 13.2 Å². The standard InChI is InChI=1S/C28H44N2O4S/c1-3-4-5-6-7-8-9-18-30-27(31)26-15-14-25-24-12-10-20-19-21(34-35(29,32)33)11-13-22(20)23(24)16-17-28(25,26)2/h11,13,19,23-26H,3-10,12,14-18H2,1-2H3,(H,30,31)(H2,29,32,33). The minimum absolute atomic E-state index is 0.0829. The van der Waals surface area contributed by atoms with Crippen molar-refractivity contribution < 1.29 is 17.4 Å². The Morgan fingerprint density at radius 1 is 1.09 bits per heavy atom. The van der Waals surface area contributed by atoms with E-state index in [0.717, 1.165) is 51.5 Å². The first kappa shape index (κ1) is 26.5. The van der Waals surface area contributed by atoms with Gasteiger partial charge in [-0.1, -0.05) is 58.4 Å². The highest BCUT2D eigenvalue weighted by Gasteiger charge is 2.56. The number of nitrogens with one attached hydrogen (secondary N) is 1. The fraction of sp³-hybridized carbons (Fsp3) is 0.750. The number of carbonyl (C=O) groups excluding carboxylic acids is 1. The highest BCUT2D eigenvalue weighted by molar-refractivity contribution is 7.84. The molecule has 3 N–H and O–H groups in total. The molecule has 0 saturated heterocycles. The number of benzene rings is 1. The van der Waals surface area contributed by atoms with Gasteiger partial charge in [0.15, 0.2) is 0 Å². The summed E-state index contributed by atoms with van der Waals surface area (Å²) in [6, 6.07) is 5.61. The maximum absolute atomic E-state index is 13.2. The minimum Gasteiger partial charge on any atom is -0.371 e. The van der Waals surface area contributed by atoms with Gasteiger partial charge in [-0.3, -0.25) is 4.79 Å². The molecule has 3 aliphatic rings. The first-order valence-corrected chi connectivity index (χ1v) is 15.3. The molecule has 0 bridgehead atoms. The van der Waals surface area contributed by atoms with Crippen LogP contribution in [-0.2, 0) is 21.5 Å². The fourth-order valence-corrected chi connectivity index (χ4v) is 7.96. The number of amides is 1. The van der Waals surface area contributed by atoms with Gasteiger partial charge in [0, 0.05) is 12.5 Å². The highest BCUT2D eigenvalue weighted by Crippen LogP contribution is 2.63. The van der Waals surface area contributed by atoms with Crippen LogP contribution in [0.1, 0.15) is 108 Å². The number of rotatable bonds is 11. The third kappa shape index (κ3) is 6.04. The van der Waals surface area contributed by atoms with Crippen molar-refractivity contribution in [3.05, 3.63) is 29.3 Å². The van der Waals surface area contributed by atoms with E-state index in [1.54, 1.807) is 6.07 Å². The van der Waals surface area contributed by atoms with Crippen molar-refractivity contribution in [3.8, 4) is 5.75 Å². The van der Waals surface area contributed by atoms with Gasteiger partial charge in [0.2, 0.25) is 5.91 Å². The van der Waals surface area contributed by atoms with Gasteiger partial charge in [-0.25, -0.2) is 0 Å². The molecule has 1 aromatic carbocycles. The Balaban J connectivity index is 1.33. The zero-order valence-corrected chi connectivity index (χ0v) is 22.4. The third-order valence-electron chi connectivity index (χ3n) is 9.31. The van der Waals surface area contributed by atoms with E-state index < -0.39 is 10.3 Å². The number of aryl methyl sites for hydroxylation is 1. The predicted molar refractivity (Wildman–Crippen MR) is 139 cm³/mol. The summed E-state index contributed by atoms with van der Waals surface area (Å²) in [5.41, 5.74) is 2.59. The Hall–Kier alpha value is -1.60. The van der Waals surface area contributed by atoms with Crippen molar-refractivity contribution in [2.45, 2.75) is 103 Å². The first-order valence-electron chi connectivity index (χ1n) is 13.9. The number of fused-ring (bicyclic) bond motifs is 5. The Bertz CT molecular complexity index is 995. The number of hydrogen-bond donors (Lipinski definition) is 2. The molecule has 0 aliphatic heterocycles. The molecule has 2 saturated carbocycles. The van der Waals surface area contributed by atoms with Gasteiger partial charge in [-0.15, -0.1) is 0 Å². The molecule has 0 heterocycles. The number of hydrogen-bond acceptors (Lipinski definition) is 4. The van der Waals surface area contributed by atoms with E-state index in [0.29, 0.717) is 23.5 Å². The van der Waals surface area contributed by atoms with Crippen molar-refractivity contribution in [2.24, 2.45) is 28.3 Å². The molecule has 5 unspecified atom stereocenters. The second-order valence-electron chi connectivity index (χ2n) is 11.4. The second-order valence-corrected chi connectivity index (χ2v) is 12.6. The average Bonchev–Trinajstić information content (AvgIpc) is 3.16. The van der Waals surface area contributed by atoms with Crippen LogP contribution in [0.15, 0.2) is 18.2 Å². The van der Waals surface area contributed by atoms with Crippen LogP contribution in [0.25, 0.3) is 0 Å². The monoisotopic (exact) mass is 504 g/mol. The molecule has 1 aromatic rings. The van der Waals surface area contributed by atoms with E-state index in [-0.39, 0.29) is 17.2 Å². The molecule has 3 aliphatic carbocycles. The molecule has 6 nitrogen and oxygen atoms in total. The largest absolute Gasteiger partial charge is 0.380 e. The van der Waals surface area contributed by atoms with Crippen molar-refractivity contribution in [1.29, 1.82) is 0 Å². The fourth-order valence-electron chi connectivity index (χ4n) is 7.59. The van der Waals surface area contributed by atoms with Gasteiger partial charge >= 0.3 is 10.3 Å². The molecule has 7 heteroatoms. The van der Waals surface area contributed by atoms with E-state index in [1.807, 2.05) is 12.1 Å². The van der Waals surface area contributed by atoms with Crippen LogP contribution in [0.4, 0.5) is 0 Å². The molecule has 35 heavy (non-hydrogen) atoms. The molecule has 4 rings (SSSR count). The van der Waals surface area contributed by atoms with Gasteiger partial charge in [-0.2, -0.15) is 13.6 Å². The third-order valence-corrected chi connectivity index (χ3v) is 9.73. The summed E-state index contributed by atoms with van der Waals surface area (Å²) < 4.78 is 27.5. The van der Waals surface area contributed by atoms with Crippen molar-refractivity contribution >= 4 is 16.2 Å². The summed E-state index contributed by atoms with van der Waals surface area (Å²) in [5.74, 6) is 2.35. The molecule has 196 valence electrons. The Kier molecular flexibility index (Phi) is 8.47. The molecule has 5 atom stereocenters. The number of nitrogens with two attached hydrogens (primary N) is 1. The van der Waals surface area contributed by atoms with Gasteiger partial charge in [-0.05, 0) is 91.4 Å². The van der Waals surface area contributed by atoms with Gasteiger partial charge in [0.25, 0.3) is 0 Å². The topological polar surface area (TPSA) is 98.5 Å². The van der Waals surface area contributed by atoms with Crippen LogP contribution in [0, 0.1) is 23.2 Å². The molecule has 1 amide bonds. The summed E-state index contributed by atoms with van der Waals surface area (Å²) in [6.07, 6.45) is 15.1. The quantitative estimate of drug-likeness (QED) is 0.383. The molecule has 0 aromatic heterocycles. The van der Waals surface area contributed by atoms with Gasteiger partial charge < -0.3 is 9.50 Å². The van der Waals surface area contributed by atoms with Crippen molar-refractivity contribution in [1.82, 2.24) is 5.32 Å². The Morgan fingerprint density at radius 2 is 1.83 bits per heavy atom. The summed E-state index contributed by atoms with van der Waals surface area (Å²) in [5, 5.41) is 8.33. The van der Waals surface area contributed by atoms with Crippen molar-refractivity contribution in [3.63, 3.8) is 0 Å². The van der Waals surface area contributed by atoms with Crippen LogP contribution in [0.2, 0.25) is 0 Å². The van der Waals surface area contributed by atoms with Crippen LogP contribution in [0.5, 0.6) is 5.75 Å².